The van der Waals surface area contributed by atoms with E-state index in [0.717, 1.165) is 11.3 Å². The third-order valence-corrected chi connectivity index (χ3v) is 5.02. The highest BCUT2D eigenvalue weighted by molar-refractivity contribution is 7.94. The summed E-state index contributed by atoms with van der Waals surface area (Å²) in [5.41, 5.74) is 0.569. The maximum atomic E-state index is 12.0. The summed E-state index contributed by atoms with van der Waals surface area (Å²) in [6, 6.07) is 7.53. The molecule has 2 aromatic rings. The lowest BCUT2D eigenvalue weighted by atomic mass is 10.3. The monoisotopic (exact) mass is 295 g/mol. The molecule has 0 atom stereocenters. The summed E-state index contributed by atoms with van der Waals surface area (Å²) in [4.78, 5) is 4.20. The highest BCUT2D eigenvalue weighted by Crippen LogP contribution is 2.26. The van der Waals surface area contributed by atoms with Gasteiger partial charge in [0.2, 0.25) is 0 Å². The standard InChI is InChI=1S/C11H9N3O3S2/c1-7-2-4-9(15)11(13-7)14-19(16,17)10-5-3-8(6-12)18-10/h2-5,15H,1H3,(H,13,14). The number of rotatable bonds is 3. The van der Waals surface area contributed by atoms with Crippen molar-refractivity contribution in [3.63, 3.8) is 0 Å². The van der Waals surface area contributed by atoms with Gasteiger partial charge in [-0.15, -0.1) is 11.3 Å². The van der Waals surface area contributed by atoms with E-state index < -0.39 is 10.0 Å². The van der Waals surface area contributed by atoms with Gasteiger partial charge in [-0.3, -0.25) is 4.72 Å². The van der Waals surface area contributed by atoms with Crippen molar-refractivity contribution in [1.82, 2.24) is 4.98 Å². The van der Waals surface area contributed by atoms with E-state index in [1.54, 1.807) is 13.0 Å². The molecule has 0 aliphatic carbocycles. The molecule has 0 fully saturated rings. The Labute approximate surface area is 114 Å². The molecule has 0 aromatic carbocycles. The smallest absolute Gasteiger partial charge is 0.272 e. The predicted molar refractivity (Wildman–Crippen MR) is 70.5 cm³/mol. The molecule has 0 saturated heterocycles. The van der Waals surface area contributed by atoms with Crippen LogP contribution in [0.4, 0.5) is 5.82 Å². The Kier molecular flexibility index (Phi) is 3.42. The van der Waals surface area contributed by atoms with Gasteiger partial charge in [0.25, 0.3) is 10.0 Å². The van der Waals surface area contributed by atoms with Crippen LogP contribution in [0, 0.1) is 18.3 Å². The van der Waals surface area contributed by atoms with E-state index in [1.165, 1.54) is 18.2 Å². The van der Waals surface area contributed by atoms with Crippen molar-refractivity contribution in [2.45, 2.75) is 11.1 Å². The first-order valence-electron chi connectivity index (χ1n) is 5.12. The van der Waals surface area contributed by atoms with Gasteiger partial charge in [-0.2, -0.15) is 5.26 Å². The molecule has 8 heteroatoms. The van der Waals surface area contributed by atoms with Crippen LogP contribution in [0.1, 0.15) is 10.6 Å². The third-order valence-electron chi connectivity index (χ3n) is 2.20. The summed E-state index contributed by atoms with van der Waals surface area (Å²) in [7, 11) is -3.85. The Hall–Kier alpha value is -2.11. The minimum Gasteiger partial charge on any atom is -0.504 e. The zero-order valence-corrected chi connectivity index (χ0v) is 11.4. The number of hydrogen-bond donors (Lipinski definition) is 2. The molecule has 19 heavy (non-hydrogen) atoms. The van der Waals surface area contributed by atoms with E-state index in [1.807, 2.05) is 6.07 Å². The van der Waals surface area contributed by atoms with Crippen molar-refractivity contribution in [1.29, 1.82) is 5.26 Å². The number of hydrogen-bond acceptors (Lipinski definition) is 6. The lowest BCUT2D eigenvalue weighted by Gasteiger charge is -2.07. The van der Waals surface area contributed by atoms with Crippen LogP contribution in [0.2, 0.25) is 0 Å². The Bertz CT molecular complexity index is 760. The Morgan fingerprint density at radius 1 is 1.37 bits per heavy atom. The average Bonchev–Trinajstić information content (AvgIpc) is 2.83. The fourth-order valence-electron chi connectivity index (χ4n) is 1.33. The second-order valence-electron chi connectivity index (χ2n) is 3.66. The van der Waals surface area contributed by atoms with Crippen molar-refractivity contribution in [3.8, 4) is 11.8 Å². The number of sulfonamides is 1. The quantitative estimate of drug-likeness (QED) is 0.899. The number of nitrogens with zero attached hydrogens (tertiary/aromatic N) is 2. The maximum Gasteiger partial charge on any atom is 0.272 e. The van der Waals surface area contributed by atoms with Crippen LogP contribution in [0.15, 0.2) is 28.5 Å². The predicted octanol–water partition coefficient (Wildman–Crippen LogP) is 1.83. The summed E-state index contributed by atoms with van der Waals surface area (Å²) in [6.45, 7) is 1.68. The van der Waals surface area contributed by atoms with Crippen molar-refractivity contribution < 1.29 is 13.5 Å². The average molecular weight is 295 g/mol. The molecule has 2 heterocycles. The largest absolute Gasteiger partial charge is 0.504 e. The maximum absolute atomic E-state index is 12.0. The van der Waals surface area contributed by atoms with Gasteiger partial charge in [-0.1, -0.05) is 0 Å². The first kappa shape index (κ1) is 13.3. The van der Waals surface area contributed by atoms with Gasteiger partial charge in [0.05, 0.1) is 0 Å². The highest BCUT2D eigenvalue weighted by atomic mass is 32.2. The van der Waals surface area contributed by atoms with Crippen LogP contribution in [0.25, 0.3) is 0 Å². The molecule has 2 aromatic heterocycles. The molecule has 0 saturated carbocycles. The zero-order valence-electron chi connectivity index (χ0n) is 9.78. The molecule has 0 radical (unpaired) electrons. The number of anilines is 1. The zero-order chi connectivity index (χ0) is 14.0. The molecule has 0 unspecified atom stereocenters. The van der Waals surface area contributed by atoms with Crippen LogP contribution in [0.3, 0.4) is 0 Å². The van der Waals surface area contributed by atoms with Crippen molar-refractivity contribution in [2.75, 3.05) is 4.72 Å². The van der Waals surface area contributed by atoms with Gasteiger partial charge in [-0.05, 0) is 31.2 Å². The SMILES string of the molecule is Cc1ccc(O)c(NS(=O)(=O)c2ccc(C#N)s2)n1. The van der Waals surface area contributed by atoms with E-state index in [4.69, 9.17) is 5.26 Å². The summed E-state index contributed by atoms with van der Waals surface area (Å²) >= 11 is 0.848. The first-order valence-corrected chi connectivity index (χ1v) is 7.42. The van der Waals surface area contributed by atoms with E-state index in [2.05, 4.69) is 9.71 Å². The summed E-state index contributed by atoms with van der Waals surface area (Å²) < 4.78 is 26.3. The second kappa shape index (κ2) is 4.87. The minimum absolute atomic E-state index is 0.00763. The van der Waals surface area contributed by atoms with Crippen LogP contribution >= 0.6 is 11.3 Å². The molecule has 6 nitrogen and oxygen atoms in total. The van der Waals surface area contributed by atoms with Crippen LogP contribution < -0.4 is 4.72 Å². The van der Waals surface area contributed by atoms with E-state index >= 15 is 0 Å². The molecule has 2 N–H and O–H groups in total. The normalized spacial score (nSPS) is 10.9. The number of nitrogens with one attached hydrogen (secondary N) is 1. The van der Waals surface area contributed by atoms with Crippen molar-refractivity contribution in [3.05, 3.63) is 34.8 Å². The van der Waals surface area contributed by atoms with Crippen LogP contribution in [-0.2, 0) is 10.0 Å². The highest BCUT2D eigenvalue weighted by Gasteiger charge is 2.19. The fourth-order valence-corrected chi connectivity index (χ4v) is 3.45. The molecular weight excluding hydrogens is 286 g/mol. The van der Waals surface area contributed by atoms with E-state index in [-0.39, 0.29) is 15.8 Å². The van der Waals surface area contributed by atoms with Gasteiger partial charge in [0, 0.05) is 5.69 Å². The molecule has 98 valence electrons. The van der Waals surface area contributed by atoms with E-state index in [9.17, 15) is 13.5 Å². The molecule has 0 spiro atoms. The Morgan fingerprint density at radius 3 is 2.74 bits per heavy atom. The molecule has 0 bridgehead atoms. The Balaban J connectivity index is 2.36. The van der Waals surface area contributed by atoms with Crippen molar-refractivity contribution >= 4 is 27.2 Å². The molecule has 0 aliphatic rings. The number of aryl methyl sites for hydroxylation is 1. The van der Waals surface area contributed by atoms with E-state index in [0.29, 0.717) is 10.6 Å². The number of thiophene rings is 1. The minimum atomic E-state index is -3.85. The topological polar surface area (TPSA) is 103 Å². The summed E-state index contributed by atoms with van der Waals surface area (Å²) in [5, 5.41) is 18.2. The summed E-state index contributed by atoms with van der Waals surface area (Å²) in [6.07, 6.45) is 0. The lowest BCUT2D eigenvalue weighted by Crippen LogP contribution is -2.13. The fraction of sp³-hybridized carbons (Fsp3) is 0.0909. The van der Waals surface area contributed by atoms with Crippen LogP contribution in [0.5, 0.6) is 5.75 Å². The molecule has 2 rings (SSSR count). The molecule has 0 aliphatic heterocycles. The third kappa shape index (κ3) is 2.83. The van der Waals surface area contributed by atoms with Gasteiger partial charge < -0.3 is 5.11 Å². The number of pyridine rings is 1. The Morgan fingerprint density at radius 2 is 2.11 bits per heavy atom. The number of aromatic hydroxyl groups is 1. The number of aromatic nitrogens is 1. The first-order chi connectivity index (χ1) is 8.92. The summed E-state index contributed by atoms with van der Waals surface area (Å²) in [5.74, 6) is -0.391. The number of nitriles is 1. The lowest BCUT2D eigenvalue weighted by molar-refractivity contribution is 0.475. The second-order valence-corrected chi connectivity index (χ2v) is 6.65. The van der Waals surface area contributed by atoms with Gasteiger partial charge in [0.1, 0.15) is 15.2 Å². The van der Waals surface area contributed by atoms with Crippen LogP contribution in [-0.4, -0.2) is 18.5 Å². The molecule has 0 amide bonds. The van der Waals surface area contributed by atoms with Gasteiger partial charge >= 0.3 is 0 Å². The van der Waals surface area contributed by atoms with Gasteiger partial charge in [-0.25, -0.2) is 13.4 Å². The molecular formula is C11H9N3O3S2. The van der Waals surface area contributed by atoms with Gasteiger partial charge in [0.15, 0.2) is 11.6 Å². The van der Waals surface area contributed by atoms with Crippen molar-refractivity contribution in [2.24, 2.45) is 0 Å².